The molecule has 1 aliphatic heterocycles. The first-order chi connectivity index (χ1) is 9.31. The molecule has 0 spiro atoms. The van der Waals surface area contributed by atoms with E-state index in [9.17, 15) is 0 Å². The maximum Gasteiger partial charge on any atom is 0.157 e. The zero-order valence-corrected chi connectivity index (χ0v) is 12.3. The zero-order valence-electron chi connectivity index (χ0n) is 11.5. The summed E-state index contributed by atoms with van der Waals surface area (Å²) in [6.45, 7) is 2.19. The Morgan fingerprint density at radius 3 is 3.21 bits per heavy atom. The second kappa shape index (κ2) is 6.04. The Hall–Kier alpha value is -0.900. The molecule has 3 rings (SSSR count). The Kier molecular flexibility index (Phi) is 4.16. The Bertz CT molecular complexity index is 429. The average molecular weight is 278 g/mol. The van der Waals surface area contributed by atoms with Crippen molar-refractivity contribution in [1.82, 2.24) is 5.32 Å². The summed E-state index contributed by atoms with van der Waals surface area (Å²) in [5, 5.41) is 4.68. The van der Waals surface area contributed by atoms with Gasteiger partial charge in [-0.15, -0.1) is 0 Å². The fourth-order valence-corrected chi connectivity index (χ4v) is 4.25. The van der Waals surface area contributed by atoms with Crippen molar-refractivity contribution in [3.8, 4) is 0 Å². The van der Waals surface area contributed by atoms with E-state index in [-0.39, 0.29) is 0 Å². The van der Waals surface area contributed by atoms with Crippen LogP contribution in [0.25, 0.3) is 0 Å². The summed E-state index contributed by atoms with van der Waals surface area (Å²) >= 11 is 1.90. The molecule has 2 heterocycles. The van der Waals surface area contributed by atoms with Gasteiger partial charge in [-0.2, -0.15) is 0 Å². The molecule has 0 bridgehead atoms. The number of amidine groups is 1. The number of fused-ring (bicyclic) bond motifs is 1. The third-order valence-electron chi connectivity index (χ3n) is 4.04. The number of hydrogen-bond donors (Lipinski definition) is 1. The molecule has 1 aliphatic carbocycles. The summed E-state index contributed by atoms with van der Waals surface area (Å²) in [5.41, 5.74) is 0. The van der Waals surface area contributed by atoms with Gasteiger partial charge in [0.1, 0.15) is 5.76 Å². The van der Waals surface area contributed by atoms with Crippen molar-refractivity contribution in [3.63, 3.8) is 0 Å². The summed E-state index contributed by atoms with van der Waals surface area (Å²) in [6.07, 6.45) is 8.06. The lowest BCUT2D eigenvalue weighted by atomic mass is 9.86. The quantitative estimate of drug-likeness (QED) is 0.920. The van der Waals surface area contributed by atoms with Crippen molar-refractivity contribution in [2.75, 3.05) is 5.75 Å². The van der Waals surface area contributed by atoms with Crippen LogP contribution < -0.4 is 5.32 Å². The van der Waals surface area contributed by atoms with E-state index in [1.165, 1.54) is 31.4 Å². The van der Waals surface area contributed by atoms with Gasteiger partial charge in [-0.25, -0.2) is 0 Å². The first-order valence-electron chi connectivity index (χ1n) is 7.31. The highest BCUT2D eigenvalue weighted by Crippen LogP contribution is 2.33. The normalized spacial score (nSPS) is 28.4. The molecule has 0 saturated heterocycles. The van der Waals surface area contributed by atoms with Crippen molar-refractivity contribution in [2.45, 2.75) is 51.1 Å². The van der Waals surface area contributed by atoms with Gasteiger partial charge in [-0.3, -0.25) is 4.99 Å². The zero-order chi connectivity index (χ0) is 13.1. The number of nitrogens with zero attached hydrogens (tertiary/aromatic N) is 1. The van der Waals surface area contributed by atoms with Crippen LogP contribution in [0.3, 0.4) is 0 Å². The first kappa shape index (κ1) is 13.1. The number of nitrogens with one attached hydrogen (secondary N) is 1. The Labute approximate surface area is 119 Å². The maximum absolute atomic E-state index is 5.39. The third kappa shape index (κ3) is 3.35. The monoisotopic (exact) mass is 278 g/mol. The van der Waals surface area contributed by atoms with Gasteiger partial charge in [0.25, 0.3) is 0 Å². The minimum atomic E-state index is 0.373. The largest absolute Gasteiger partial charge is 0.469 e. The molecule has 104 valence electrons. The lowest BCUT2D eigenvalue weighted by Crippen LogP contribution is -2.38. The number of hydrogen-bond acceptors (Lipinski definition) is 4. The van der Waals surface area contributed by atoms with Crippen LogP contribution in [-0.2, 0) is 6.42 Å². The van der Waals surface area contributed by atoms with Crippen LogP contribution in [0, 0.1) is 5.92 Å². The smallest absolute Gasteiger partial charge is 0.157 e. The molecule has 1 aromatic heterocycles. The third-order valence-corrected chi connectivity index (χ3v) is 5.14. The molecule has 0 aromatic carbocycles. The standard InChI is InChI=1S/C15H22N2OS/c1-11(9-13-6-4-8-18-13)16-15-17-14-7-3-2-5-12(14)10-19-15/h4,6,8,11-12,14H,2-3,5,7,9-10H2,1H3,(H,16,17). The second-order valence-electron chi connectivity index (χ2n) is 5.69. The maximum atomic E-state index is 5.39. The second-order valence-corrected chi connectivity index (χ2v) is 6.69. The van der Waals surface area contributed by atoms with Gasteiger partial charge in [0.2, 0.25) is 0 Å². The first-order valence-corrected chi connectivity index (χ1v) is 8.29. The van der Waals surface area contributed by atoms with Crippen LogP contribution in [0.2, 0.25) is 0 Å². The minimum absolute atomic E-state index is 0.373. The van der Waals surface area contributed by atoms with Gasteiger partial charge < -0.3 is 9.73 Å². The number of aliphatic imine (C=N–C) groups is 1. The molecule has 19 heavy (non-hydrogen) atoms. The number of thioether (sulfide) groups is 1. The molecule has 1 aromatic rings. The van der Waals surface area contributed by atoms with E-state index < -0.39 is 0 Å². The van der Waals surface area contributed by atoms with E-state index in [1.807, 2.05) is 23.9 Å². The summed E-state index contributed by atoms with van der Waals surface area (Å²) < 4.78 is 5.39. The number of rotatable bonds is 3. The molecular formula is C15H22N2OS. The predicted octanol–water partition coefficient (Wildman–Crippen LogP) is 3.46. The molecule has 3 unspecified atom stereocenters. The lowest BCUT2D eigenvalue weighted by molar-refractivity contribution is 0.335. The van der Waals surface area contributed by atoms with Crippen LogP contribution in [0.4, 0.5) is 0 Å². The summed E-state index contributed by atoms with van der Waals surface area (Å²) in [6, 6.07) is 4.93. The molecule has 0 amide bonds. The fourth-order valence-electron chi connectivity index (χ4n) is 3.00. The van der Waals surface area contributed by atoms with Crippen molar-refractivity contribution in [2.24, 2.45) is 10.9 Å². The summed E-state index contributed by atoms with van der Waals surface area (Å²) in [5.74, 6) is 3.10. The molecule has 1 fully saturated rings. The lowest BCUT2D eigenvalue weighted by Gasteiger charge is -2.33. The molecule has 3 atom stereocenters. The van der Waals surface area contributed by atoms with Crippen molar-refractivity contribution >= 4 is 16.9 Å². The van der Waals surface area contributed by atoms with Crippen molar-refractivity contribution in [3.05, 3.63) is 24.2 Å². The molecule has 1 N–H and O–H groups in total. The Balaban J connectivity index is 1.56. The average Bonchev–Trinajstić information content (AvgIpc) is 2.91. The molecule has 3 nitrogen and oxygen atoms in total. The molecular weight excluding hydrogens is 256 g/mol. The summed E-state index contributed by atoms with van der Waals surface area (Å²) in [4.78, 5) is 4.91. The Morgan fingerprint density at radius 1 is 1.47 bits per heavy atom. The van der Waals surface area contributed by atoms with E-state index in [4.69, 9.17) is 9.41 Å². The van der Waals surface area contributed by atoms with Gasteiger partial charge in [-0.05, 0) is 37.8 Å². The summed E-state index contributed by atoms with van der Waals surface area (Å²) in [7, 11) is 0. The van der Waals surface area contributed by atoms with Crippen molar-refractivity contribution < 1.29 is 4.42 Å². The van der Waals surface area contributed by atoms with Crippen LogP contribution in [0.1, 0.15) is 38.4 Å². The van der Waals surface area contributed by atoms with Crippen LogP contribution in [-0.4, -0.2) is 23.0 Å². The Morgan fingerprint density at radius 2 is 2.37 bits per heavy atom. The SMILES string of the molecule is CC(Cc1ccco1)NC1=NC2CCCCC2CS1. The van der Waals surface area contributed by atoms with Crippen molar-refractivity contribution in [1.29, 1.82) is 0 Å². The minimum Gasteiger partial charge on any atom is -0.469 e. The topological polar surface area (TPSA) is 37.5 Å². The van der Waals surface area contributed by atoms with Gasteiger partial charge in [0.05, 0.1) is 12.3 Å². The van der Waals surface area contributed by atoms with Gasteiger partial charge >= 0.3 is 0 Å². The van der Waals surface area contributed by atoms with Crippen LogP contribution in [0.15, 0.2) is 27.8 Å². The van der Waals surface area contributed by atoms with Gasteiger partial charge in [0, 0.05) is 18.2 Å². The highest BCUT2D eigenvalue weighted by atomic mass is 32.2. The van der Waals surface area contributed by atoms with E-state index in [2.05, 4.69) is 12.2 Å². The highest BCUT2D eigenvalue weighted by Gasteiger charge is 2.29. The van der Waals surface area contributed by atoms with E-state index in [1.54, 1.807) is 6.26 Å². The predicted molar refractivity (Wildman–Crippen MR) is 80.6 cm³/mol. The van der Waals surface area contributed by atoms with Gasteiger partial charge in [0.15, 0.2) is 5.17 Å². The fraction of sp³-hybridized carbons (Fsp3) is 0.667. The molecule has 2 aliphatic rings. The highest BCUT2D eigenvalue weighted by molar-refractivity contribution is 8.13. The van der Waals surface area contributed by atoms with E-state index >= 15 is 0 Å². The van der Waals surface area contributed by atoms with E-state index in [0.29, 0.717) is 12.1 Å². The van der Waals surface area contributed by atoms with Crippen LogP contribution >= 0.6 is 11.8 Å². The van der Waals surface area contributed by atoms with E-state index in [0.717, 1.165) is 23.3 Å². The van der Waals surface area contributed by atoms with Gasteiger partial charge in [-0.1, -0.05) is 24.6 Å². The molecule has 1 saturated carbocycles. The van der Waals surface area contributed by atoms with Crippen LogP contribution in [0.5, 0.6) is 0 Å². The molecule has 4 heteroatoms. The molecule has 0 radical (unpaired) electrons. The number of furan rings is 1.